The van der Waals surface area contributed by atoms with E-state index in [0.29, 0.717) is 12.1 Å². The van der Waals surface area contributed by atoms with Gasteiger partial charge in [-0.05, 0) is 37.3 Å². The number of benzene rings is 1. The second-order valence-corrected chi connectivity index (χ2v) is 4.28. The Balaban J connectivity index is 2.17. The first-order valence-electron chi connectivity index (χ1n) is 5.83. The lowest BCUT2D eigenvalue weighted by Crippen LogP contribution is -2.24. The average molecular weight is 240 g/mol. The zero-order valence-electron chi connectivity index (χ0n) is 10.4. The molecule has 1 heterocycles. The van der Waals surface area contributed by atoms with Crippen LogP contribution in [-0.4, -0.2) is 17.0 Å². The Morgan fingerprint density at radius 3 is 2.67 bits per heavy atom. The third-order valence-electron chi connectivity index (χ3n) is 2.56. The SMILES string of the molecule is C=C(C)CNC(=O)c1cccc(-n2cccc2)c1. The summed E-state index contributed by atoms with van der Waals surface area (Å²) in [5, 5.41) is 2.82. The van der Waals surface area contributed by atoms with E-state index in [1.165, 1.54) is 0 Å². The highest BCUT2D eigenvalue weighted by Gasteiger charge is 2.05. The number of hydrogen-bond donors (Lipinski definition) is 1. The molecule has 3 heteroatoms. The van der Waals surface area contributed by atoms with Crippen LogP contribution in [0.25, 0.3) is 5.69 Å². The maximum absolute atomic E-state index is 11.9. The molecule has 0 aliphatic rings. The molecule has 0 bridgehead atoms. The van der Waals surface area contributed by atoms with Crippen LogP contribution in [-0.2, 0) is 0 Å². The maximum Gasteiger partial charge on any atom is 0.251 e. The number of aromatic nitrogens is 1. The maximum atomic E-state index is 11.9. The topological polar surface area (TPSA) is 34.0 Å². The van der Waals surface area contributed by atoms with Gasteiger partial charge in [-0.1, -0.05) is 18.2 Å². The lowest BCUT2D eigenvalue weighted by Gasteiger charge is -2.07. The molecule has 2 rings (SSSR count). The molecule has 92 valence electrons. The predicted octanol–water partition coefficient (Wildman–Crippen LogP) is 2.78. The van der Waals surface area contributed by atoms with Crippen LogP contribution in [0.5, 0.6) is 0 Å². The van der Waals surface area contributed by atoms with Gasteiger partial charge in [0.15, 0.2) is 0 Å². The molecule has 1 N–H and O–H groups in total. The van der Waals surface area contributed by atoms with Gasteiger partial charge in [-0.25, -0.2) is 0 Å². The number of hydrogen-bond acceptors (Lipinski definition) is 1. The molecule has 1 aromatic heterocycles. The zero-order valence-corrected chi connectivity index (χ0v) is 10.4. The van der Waals surface area contributed by atoms with Crippen molar-refractivity contribution >= 4 is 5.91 Å². The van der Waals surface area contributed by atoms with Crippen molar-refractivity contribution < 1.29 is 4.79 Å². The number of carbonyl (C=O) groups is 1. The first-order chi connectivity index (χ1) is 8.66. The molecule has 0 spiro atoms. The van der Waals surface area contributed by atoms with Crippen molar-refractivity contribution in [1.29, 1.82) is 0 Å². The molecular weight excluding hydrogens is 224 g/mol. The highest BCUT2D eigenvalue weighted by Crippen LogP contribution is 2.10. The third-order valence-corrected chi connectivity index (χ3v) is 2.56. The molecule has 0 atom stereocenters. The van der Waals surface area contributed by atoms with Crippen LogP contribution >= 0.6 is 0 Å². The van der Waals surface area contributed by atoms with E-state index < -0.39 is 0 Å². The van der Waals surface area contributed by atoms with Crippen molar-refractivity contribution in [2.75, 3.05) is 6.54 Å². The molecular formula is C15H16N2O. The van der Waals surface area contributed by atoms with E-state index in [1.54, 1.807) is 6.07 Å². The number of nitrogens with zero attached hydrogens (tertiary/aromatic N) is 1. The molecule has 0 saturated heterocycles. The van der Waals surface area contributed by atoms with E-state index in [2.05, 4.69) is 11.9 Å². The van der Waals surface area contributed by atoms with Gasteiger partial charge in [-0.3, -0.25) is 4.79 Å². The second-order valence-electron chi connectivity index (χ2n) is 4.28. The molecule has 0 aliphatic carbocycles. The van der Waals surface area contributed by atoms with Gasteiger partial charge in [-0.2, -0.15) is 0 Å². The Bertz CT molecular complexity index is 556. The fourth-order valence-electron chi connectivity index (χ4n) is 1.65. The van der Waals surface area contributed by atoms with Crippen LogP contribution in [0, 0.1) is 0 Å². The van der Waals surface area contributed by atoms with Gasteiger partial charge >= 0.3 is 0 Å². The van der Waals surface area contributed by atoms with Gasteiger partial charge in [0, 0.05) is 30.2 Å². The Morgan fingerprint density at radius 2 is 2.00 bits per heavy atom. The van der Waals surface area contributed by atoms with Gasteiger partial charge in [0.2, 0.25) is 0 Å². The summed E-state index contributed by atoms with van der Waals surface area (Å²) >= 11 is 0. The van der Waals surface area contributed by atoms with Crippen molar-refractivity contribution in [3.8, 4) is 5.69 Å². The van der Waals surface area contributed by atoms with Gasteiger partial charge in [0.25, 0.3) is 5.91 Å². The highest BCUT2D eigenvalue weighted by atomic mass is 16.1. The second kappa shape index (κ2) is 5.36. The van der Waals surface area contributed by atoms with Crippen molar-refractivity contribution in [1.82, 2.24) is 9.88 Å². The van der Waals surface area contributed by atoms with Crippen LogP contribution in [0.3, 0.4) is 0 Å². The molecule has 0 saturated carbocycles. The minimum Gasteiger partial charge on any atom is -0.348 e. The molecule has 1 aromatic carbocycles. The molecule has 1 amide bonds. The molecule has 0 radical (unpaired) electrons. The summed E-state index contributed by atoms with van der Waals surface area (Å²) in [6.07, 6.45) is 3.90. The molecule has 0 aliphatic heterocycles. The fraction of sp³-hybridized carbons (Fsp3) is 0.133. The van der Waals surface area contributed by atoms with Gasteiger partial charge < -0.3 is 9.88 Å². The summed E-state index contributed by atoms with van der Waals surface area (Å²) in [7, 11) is 0. The number of amides is 1. The smallest absolute Gasteiger partial charge is 0.251 e. The molecule has 18 heavy (non-hydrogen) atoms. The van der Waals surface area contributed by atoms with Gasteiger partial charge in [0.05, 0.1) is 0 Å². The van der Waals surface area contributed by atoms with E-state index >= 15 is 0 Å². The number of carbonyl (C=O) groups excluding carboxylic acids is 1. The van der Waals surface area contributed by atoms with Gasteiger partial charge in [0.1, 0.15) is 0 Å². The standard InChI is InChI=1S/C15H16N2O/c1-12(2)11-16-15(18)13-6-5-7-14(10-13)17-8-3-4-9-17/h3-10H,1,11H2,2H3,(H,16,18). The number of rotatable bonds is 4. The van der Waals surface area contributed by atoms with Crippen LogP contribution in [0.2, 0.25) is 0 Å². The summed E-state index contributed by atoms with van der Waals surface area (Å²) in [6, 6.07) is 11.4. The summed E-state index contributed by atoms with van der Waals surface area (Å²) in [5.41, 5.74) is 2.57. The van der Waals surface area contributed by atoms with Crippen LogP contribution < -0.4 is 5.32 Å². The Kier molecular flexibility index (Phi) is 3.63. The quantitative estimate of drug-likeness (QED) is 0.819. The Hall–Kier alpha value is -2.29. The summed E-state index contributed by atoms with van der Waals surface area (Å²) in [5.74, 6) is -0.0768. The Labute approximate surface area is 107 Å². The van der Waals surface area contributed by atoms with Crippen molar-refractivity contribution in [3.05, 3.63) is 66.5 Å². The molecule has 2 aromatic rings. The first kappa shape index (κ1) is 12.2. The first-order valence-corrected chi connectivity index (χ1v) is 5.83. The monoisotopic (exact) mass is 240 g/mol. The lowest BCUT2D eigenvalue weighted by atomic mass is 10.2. The van der Waals surface area contributed by atoms with Crippen molar-refractivity contribution in [3.63, 3.8) is 0 Å². The minimum absolute atomic E-state index is 0.0768. The summed E-state index contributed by atoms with van der Waals surface area (Å²) in [6.45, 7) is 6.15. The van der Waals surface area contributed by atoms with E-state index in [1.807, 2.05) is 54.2 Å². The zero-order chi connectivity index (χ0) is 13.0. The normalized spacial score (nSPS) is 10.1. The lowest BCUT2D eigenvalue weighted by molar-refractivity contribution is 0.0957. The summed E-state index contributed by atoms with van der Waals surface area (Å²) in [4.78, 5) is 11.9. The molecule has 0 unspecified atom stereocenters. The summed E-state index contributed by atoms with van der Waals surface area (Å²) < 4.78 is 1.97. The fourth-order valence-corrected chi connectivity index (χ4v) is 1.65. The third kappa shape index (κ3) is 2.88. The molecule has 3 nitrogen and oxygen atoms in total. The van der Waals surface area contributed by atoms with Crippen molar-refractivity contribution in [2.45, 2.75) is 6.92 Å². The van der Waals surface area contributed by atoms with Crippen molar-refractivity contribution in [2.24, 2.45) is 0 Å². The molecule has 0 fully saturated rings. The predicted molar refractivity (Wildman–Crippen MR) is 72.9 cm³/mol. The van der Waals surface area contributed by atoms with Crippen LogP contribution in [0.15, 0.2) is 60.9 Å². The van der Waals surface area contributed by atoms with E-state index in [9.17, 15) is 4.79 Å². The van der Waals surface area contributed by atoms with E-state index in [-0.39, 0.29) is 5.91 Å². The van der Waals surface area contributed by atoms with Gasteiger partial charge in [-0.15, -0.1) is 0 Å². The van der Waals surface area contributed by atoms with E-state index in [4.69, 9.17) is 0 Å². The average Bonchev–Trinajstić information content (AvgIpc) is 2.90. The number of nitrogens with one attached hydrogen (secondary N) is 1. The van der Waals surface area contributed by atoms with E-state index in [0.717, 1.165) is 11.3 Å². The minimum atomic E-state index is -0.0768. The largest absolute Gasteiger partial charge is 0.348 e. The van der Waals surface area contributed by atoms with Crippen LogP contribution in [0.1, 0.15) is 17.3 Å². The highest BCUT2D eigenvalue weighted by molar-refractivity contribution is 5.94. The van der Waals surface area contributed by atoms with Crippen LogP contribution in [0.4, 0.5) is 0 Å². The Morgan fingerprint density at radius 1 is 1.28 bits per heavy atom.